The van der Waals surface area contributed by atoms with E-state index in [4.69, 9.17) is 4.74 Å². The summed E-state index contributed by atoms with van der Waals surface area (Å²) in [6.45, 7) is 4.84. The SMILES string of the molecule is CCCCc1ccc(C[C@H](C(=O)O)N2CCOCC2)cc1. The van der Waals surface area contributed by atoms with E-state index in [1.54, 1.807) is 0 Å². The maximum atomic E-state index is 11.5. The van der Waals surface area contributed by atoms with Crippen LogP contribution in [0.2, 0.25) is 0 Å². The molecule has 0 aliphatic carbocycles. The lowest BCUT2D eigenvalue weighted by molar-refractivity contribution is -0.145. The second-order valence-electron chi connectivity index (χ2n) is 5.63. The fraction of sp³-hybridized carbons (Fsp3) is 0.588. The van der Waals surface area contributed by atoms with Gasteiger partial charge in [-0.1, -0.05) is 37.6 Å². The third-order valence-electron chi connectivity index (χ3n) is 4.04. The van der Waals surface area contributed by atoms with Gasteiger partial charge in [0.1, 0.15) is 6.04 Å². The van der Waals surface area contributed by atoms with Gasteiger partial charge in [0.15, 0.2) is 0 Å². The molecule has 1 N–H and O–H groups in total. The van der Waals surface area contributed by atoms with Gasteiger partial charge in [0.2, 0.25) is 0 Å². The van der Waals surface area contributed by atoms with E-state index < -0.39 is 12.0 Å². The van der Waals surface area contributed by atoms with E-state index in [9.17, 15) is 9.90 Å². The molecule has 1 saturated heterocycles. The van der Waals surface area contributed by atoms with Crippen molar-refractivity contribution in [2.75, 3.05) is 26.3 Å². The molecule has 116 valence electrons. The Kier molecular flexibility index (Phi) is 6.21. The first-order valence-corrected chi connectivity index (χ1v) is 7.83. The molecule has 1 aliphatic heterocycles. The maximum Gasteiger partial charge on any atom is 0.321 e. The number of ether oxygens (including phenoxy) is 1. The molecule has 0 amide bonds. The van der Waals surface area contributed by atoms with Crippen molar-refractivity contribution >= 4 is 5.97 Å². The number of carboxylic acid groups (broad SMARTS) is 1. The number of carboxylic acids is 1. The number of carbonyl (C=O) groups is 1. The molecular weight excluding hydrogens is 266 g/mol. The van der Waals surface area contributed by atoms with Gasteiger partial charge in [0.05, 0.1) is 13.2 Å². The number of morpholine rings is 1. The molecule has 2 rings (SSSR count). The minimum Gasteiger partial charge on any atom is -0.480 e. The van der Waals surface area contributed by atoms with Crippen LogP contribution >= 0.6 is 0 Å². The number of benzene rings is 1. The Morgan fingerprint density at radius 1 is 1.24 bits per heavy atom. The summed E-state index contributed by atoms with van der Waals surface area (Å²) in [5.41, 5.74) is 2.42. The summed E-state index contributed by atoms with van der Waals surface area (Å²) in [7, 11) is 0. The van der Waals surface area contributed by atoms with Gasteiger partial charge >= 0.3 is 5.97 Å². The van der Waals surface area contributed by atoms with Gasteiger partial charge in [0, 0.05) is 13.1 Å². The third kappa shape index (κ3) is 4.83. The van der Waals surface area contributed by atoms with Crippen LogP contribution in [0.15, 0.2) is 24.3 Å². The van der Waals surface area contributed by atoms with Gasteiger partial charge in [-0.25, -0.2) is 0 Å². The quantitative estimate of drug-likeness (QED) is 0.838. The lowest BCUT2D eigenvalue weighted by Gasteiger charge is -2.32. The number of hydrogen-bond donors (Lipinski definition) is 1. The summed E-state index contributed by atoms with van der Waals surface area (Å²) in [6, 6.07) is 7.95. The average Bonchev–Trinajstić information content (AvgIpc) is 2.52. The predicted octanol–water partition coefficient (Wildman–Crippen LogP) is 2.36. The van der Waals surface area contributed by atoms with Gasteiger partial charge in [-0.2, -0.15) is 0 Å². The number of nitrogens with zero attached hydrogens (tertiary/aromatic N) is 1. The molecule has 0 spiro atoms. The molecule has 1 fully saturated rings. The number of aliphatic carboxylic acids is 1. The molecule has 1 aliphatic rings. The van der Waals surface area contributed by atoms with E-state index in [0.29, 0.717) is 32.7 Å². The standard InChI is InChI=1S/C17H25NO3/c1-2-3-4-14-5-7-15(8-6-14)13-16(17(19)20)18-9-11-21-12-10-18/h5-8,16H,2-4,9-13H2,1H3,(H,19,20)/t16-/m1/s1. The van der Waals surface area contributed by atoms with Crippen LogP contribution < -0.4 is 0 Å². The predicted molar refractivity (Wildman–Crippen MR) is 82.6 cm³/mol. The Morgan fingerprint density at radius 3 is 2.43 bits per heavy atom. The summed E-state index contributed by atoms with van der Waals surface area (Å²) in [5, 5.41) is 9.48. The highest BCUT2D eigenvalue weighted by atomic mass is 16.5. The van der Waals surface area contributed by atoms with Crippen LogP contribution in [0.25, 0.3) is 0 Å². The molecule has 1 aromatic carbocycles. The Bertz CT molecular complexity index is 438. The Morgan fingerprint density at radius 2 is 1.86 bits per heavy atom. The number of rotatable bonds is 7. The number of unbranched alkanes of at least 4 members (excludes halogenated alkanes) is 1. The molecule has 0 bridgehead atoms. The number of hydrogen-bond acceptors (Lipinski definition) is 3. The average molecular weight is 291 g/mol. The third-order valence-corrected chi connectivity index (χ3v) is 4.04. The van der Waals surface area contributed by atoms with E-state index in [-0.39, 0.29) is 0 Å². The van der Waals surface area contributed by atoms with Crippen molar-refractivity contribution in [3.63, 3.8) is 0 Å². The first-order valence-electron chi connectivity index (χ1n) is 7.83. The van der Waals surface area contributed by atoms with Crippen LogP contribution in [0.1, 0.15) is 30.9 Å². The van der Waals surface area contributed by atoms with Gasteiger partial charge in [-0.15, -0.1) is 0 Å². The molecule has 4 heteroatoms. The molecule has 0 unspecified atom stereocenters. The van der Waals surface area contributed by atoms with Crippen molar-refractivity contribution < 1.29 is 14.6 Å². The highest BCUT2D eigenvalue weighted by molar-refractivity contribution is 5.74. The summed E-state index contributed by atoms with van der Waals surface area (Å²) in [5.74, 6) is -0.744. The summed E-state index contributed by atoms with van der Waals surface area (Å²) >= 11 is 0. The van der Waals surface area contributed by atoms with Gasteiger partial charge in [-0.05, 0) is 30.4 Å². The molecular formula is C17H25NO3. The molecule has 1 atom stereocenters. The van der Waals surface area contributed by atoms with Gasteiger partial charge in [0.25, 0.3) is 0 Å². The number of aryl methyl sites for hydroxylation is 1. The van der Waals surface area contributed by atoms with E-state index in [0.717, 1.165) is 12.0 Å². The van der Waals surface area contributed by atoms with Crippen LogP contribution in [0, 0.1) is 0 Å². The van der Waals surface area contributed by atoms with Crippen molar-refractivity contribution in [1.29, 1.82) is 0 Å². The summed E-state index contributed by atoms with van der Waals surface area (Å²) in [4.78, 5) is 13.5. The van der Waals surface area contributed by atoms with Crippen molar-refractivity contribution in [3.05, 3.63) is 35.4 Å². The monoisotopic (exact) mass is 291 g/mol. The zero-order valence-corrected chi connectivity index (χ0v) is 12.8. The van der Waals surface area contributed by atoms with Crippen LogP contribution in [-0.2, 0) is 22.4 Å². The van der Waals surface area contributed by atoms with Gasteiger partial charge < -0.3 is 9.84 Å². The molecule has 0 aromatic heterocycles. The largest absolute Gasteiger partial charge is 0.480 e. The Balaban J connectivity index is 1.97. The summed E-state index contributed by atoms with van der Waals surface area (Å²) < 4.78 is 5.30. The first kappa shape index (κ1) is 16.0. The summed E-state index contributed by atoms with van der Waals surface area (Å²) in [6.07, 6.45) is 4.05. The smallest absolute Gasteiger partial charge is 0.321 e. The van der Waals surface area contributed by atoms with E-state index in [1.807, 2.05) is 4.90 Å². The minimum atomic E-state index is -0.744. The fourth-order valence-corrected chi connectivity index (χ4v) is 2.71. The first-order chi connectivity index (χ1) is 10.2. The zero-order chi connectivity index (χ0) is 15.1. The molecule has 4 nitrogen and oxygen atoms in total. The zero-order valence-electron chi connectivity index (χ0n) is 12.8. The van der Waals surface area contributed by atoms with Crippen LogP contribution in [0.3, 0.4) is 0 Å². The van der Waals surface area contributed by atoms with Crippen LogP contribution in [0.4, 0.5) is 0 Å². The van der Waals surface area contributed by atoms with E-state index in [1.165, 1.54) is 18.4 Å². The van der Waals surface area contributed by atoms with Crippen molar-refractivity contribution in [2.45, 2.75) is 38.6 Å². The molecule has 0 radical (unpaired) electrons. The highest BCUT2D eigenvalue weighted by Gasteiger charge is 2.27. The Labute approximate surface area is 126 Å². The maximum absolute atomic E-state index is 11.5. The molecule has 21 heavy (non-hydrogen) atoms. The van der Waals surface area contributed by atoms with Crippen molar-refractivity contribution in [1.82, 2.24) is 4.90 Å². The van der Waals surface area contributed by atoms with Crippen molar-refractivity contribution in [3.8, 4) is 0 Å². The lowest BCUT2D eigenvalue weighted by atomic mass is 10.0. The second-order valence-corrected chi connectivity index (χ2v) is 5.63. The second kappa shape index (κ2) is 8.15. The minimum absolute atomic E-state index is 0.449. The topological polar surface area (TPSA) is 49.8 Å². The van der Waals surface area contributed by atoms with Crippen molar-refractivity contribution in [2.24, 2.45) is 0 Å². The normalized spacial score (nSPS) is 17.6. The van der Waals surface area contributed by atoms with E-state index in [2.05, 4.69) is 31.2 Å². The lowest BCUT2D eigenvalue weighted by Crippen LogP contribution is -2.48. The molecule has 1 aromatic rings. The molecule has 1 heterocycles. The Hall–Kier alpha value is -1.39. The van der Waals surface area contributed by atoms with Crippen LogP contribution in [-0.4, -0.2) is 48.3 Å². The fourth-order valence-electron chi connectivity index (χ4n) is 2.71. The van der Waals surface area contributed by atoms with Gasteiger partial charge in [-0.3, -0.25) is 9.69 Å². The molecule has 0 saturated carbocycles. The highest BCUT2D eigenvalue weighted by Crippen LogP contribution is 2.14. The van der Waals surface area contributed by atoms with E-state index >= 15 is 0 Å². The van der Waals surface area contributed by atoms with Crippen LogP contribution in [0.5, 0.6) is 0 Å².